The van der Waals surface area contributed by atoms with Gasteiger partial charge in [0, 0.05) is 12.1 Å². The smallest absolute Gasteiger partial charge is 0.263 e. The highest BCUT2D eigenvalue weighted by molar-refractivity contribution is 7.92. The van der Waals surface area contributed by atoms with Crippen LogP contribution in [0.15, 0.2) is 41.4 Å². The Morgan fingerprint density at radius 1 is 1.18 bits per heavy atom. The van der Waals surface area contributed by atoms with E-state index in [1.165, 1.54) is 18.2 Å². The number of carbonyl (C=O) groups excluding carboxylic acids is 1. The fraction of sp³-hybridized carbons (Fsp3) is 0.143. The van der Waals surface area contributed by atoms with Crippen LogP contribution in [0.2, 0.25) is 0 Å². The predicted molar refractivity (Wildman–Crippen MR) is 78.4 cm³/mol. The number of benzene rings is 1. The first-order chi connectivity index (χ1) is 10.4. The lowest BCUT2D eigenvalue weighted by molar-refractivity contribution is -0.116. The molecule has 0 fully saturated rings. The molecule has 2 N–H and O–H groups in total. The molecule has 3 rings (SSSR count). The second-order valence-corrected chi connectivity index (χ2v) is 6.52. The zero-order valence-electron chi connectivity index (χ0n) is 11.3. The van der Waals surface area contributed by atoms with Gasteiger partial charge < -0.3 is 5.32 Å². The molecule has 1 amide bonds. The van der Waals surface area contributed by atoms with Crippen molar-refractivity contribution in [2.24, 2.45) is 0 Å². The fourth-order valence-corrected chi connectivity index (χ4v) is 3.22. The predicted octanol–water partition coefficient (Wildman–Crippen LogP) is 1.91. The third-order valence-corrected chi connectivity index (χ3v) is 4.60. The number of anilines is 2. The Balaban J connectivity index is 1.89. The first kappa shape index (κ1) is 14.5. The normalized spacial score (nSPS) is 14.1. The number of nitrogens with one attached hydrogen (secondary N) is 2. The van der Waals surface area contributed by atoms with Gasteiger partial charge in [0.1, 0.15) is 11.6 Å². The Morgan fingerprint density at radius 3 is 2.73 bits per heavy atom. The molecule has 6 nitrogen and oxygen atoms in total. The zero-order chi connectivity index (χ0) is 15.7. The number of aromatic nitrogens is 1. The average molecular weight is 321 g/mol. The van der Waals surface area contributed by atoms with E-state index in [-0.39, 0.29) is 16.6 Å². The number of sulfonamides is 1. The Kier molecular flexibility index (Phi) is 3.53. The van der Waals surface area contributed by atoms with Gasteiger partial charge in [-0.15, -0.1) is 0 Å². The quantitative estimate of drug-likeness (QED) is 0.904. The summed E-state index contributed by atoms with van der Waals surface area (Å²) in [4.78, 5) is 15.0. The molecule has 0 saturated carbocycles. The van der Waals surface area contributed by atoms with Crippen molar-refractivity contribution in [3.8, 4) is 0 Å². The number of carbonyl (C=O) groups is 1. The molecule has 2 heterocycles. The van der Waals surface area contributed by atoms with Gasteiger partial charge in [-0.1, -0.05) is 0 Å². The molecule has 1 aliphatic heterocycles. The second-order valence-electron chi connectivity index (χ2n) is 4.83. The molecule has 1 aromatic heterocycles. The van der Waals surface area contributed by atoms with Gasteiger partial charge in [-0.05, 0) is 42.3 Å². The standard InChI is InChI=1S/C14H12FN3O3S/c15-10-2-5-13(16-8-10)18-22(20,21)11-3-4-12-9(7-11)1-6-14(19)17-12/h2-5,7-8H,1,6H2,(H,16,18)(H,17,19). The summed E-state index contributed by atoms with van der Waals surface area (Å²) in [6, 6.07) is 6.83. The summed E-state index contributed by atoms with van der Waals surface area (Å²) in [5.74, 6) is -0.600. The summed E-state index contributed by atoms with van der Waals surface area (Å²) in [6.07, 6.45) is 1.74. The molecule has 2 aromatic rings. The number of hydrogen-bond acceptors (Lipinski definition) is 4. The van der Waals surface area contributed by atoms with Gasteiger partial charge in [0.2, 0.25) is 5.91 Å². The molecule has 0 aliphatic carbocycles. The molecule has 0 saturated heterocycles. The van der Waals surface area contributed by atoms with E-state index >= 15 is 0 Å². The van der Waals surface area contributed by atoms with Gasteiger partial charge >= 0.3 is 0 Å². The molecular formula is C14H12FN3O3S. The third-order valence-electron chi connectivity index (χ3n) is 3.25. The Morgan fingerprint density at radius 2 is 2.00 bits per heavy atom. The number of pyridine rings is 1. The largest absolute Gasteiger partial charge is 0.326 e. The number of aryl methyl sites for hydroxylation is 1. The van der Waals surface area contributed by atoms with Crippen LogP contribution in [-0.4, -0.2) is 19.3 Å². The van der Waals surface area contributed by atoms with Crippen LogP contribution < -0.4 is 10.0 Å². The Labute approximate surface area is 126 Å². The van der Waals surface area contributed by atoms with Gasteiger partial charge in [-0.2, -0.15) is 0 Å². The summed E-state index contributed by atoms with van der Waals surface area (Å²) in [5, 5.41) is 2.69. The van der Waals surface area contributed by atoms with Crippen LogP contribution in [0.4, 0.5) is 15.9 Å². The van der Waals surface area contributed by atoms with Crippen LogP contribution in [0.25, 0.3) is 0 Å². The van der Waals surface area contributed by atoms with Crippen LogP contribution in [0, 0.1) is 5.82 Å². The number of rotatable bonds is 3. The van der Waals surface area contributed by atoms with Crippen molar-refractivity contribution in [2.75, 3.05) is 10.0 Å². The third kappa shape index (κ3) is 2.91. The van der Waals surface area contributed by atoms with Crippen molar-refractivity contribution in [1.29, 1.82) is 0 Å². The van der Waals surface area contributed by atoms with Crippen molar-refractivity contribution in [3.63, 3.8) is 0 Å². The van der Waals surface area contributed by atoms with E-state index in [1.807, 2.05) is 0 Å². The van der Waals surface area contributed by atoms with Crippen molar-refractivity contribution < 1.29 is 17.6 Å². The minimum absolute atomic E-state index is 0.0347. The van der Waals surface area contributed by atoms with E-state index in [1.54, 1.807) is 6.07 Å². The SMILES string of the molecule is O=C1CCc2cc(S(=O)(=O)Nc3ccc(F)cn3)ccc2N1. The lowest BCUT2D eigenvalue weighted by Gasteiger charge is -2.17. The molecule has 1 aliphatic rings. The molecule has 1 aromatic carbocycles. The Bertz CT molecular complexity index is 835. The Hall–Kier alpha value is -2.48. The number of fused-ring (bicyclic) bond motifs is 1. The lowest BCUT2D eigenvalue weighted by atomic mass is 10.0. The van der Waals surface area contributed by atoms with E-state index in [0.717, 1.165) is 17.8 Å². The van der Waals surface area contributed by atoms with E-state index in [4.69, 9.17) is 0 Å². The van der Waals surface area contributed by atoms with Crippen LogP contribution in [-0.2, 0) is 21.2 Å². The van der Waals surface area contributed by atoms with Crippen LogP contribution >= 0.6 is 0 Å². The van der Waals surface area contributed by atoms with E-state index in [0.29, 0.717) is 18.5 Å². The van der Waals surface area contributed by atoms with Crippen LogP contribution in [0.1, 0.15) is 12.0 Å². The fourth-order valence-electron chi connectivity index (χ4n) is 2.16. The summed E-state index contributed by atoms with van der Waals surface area (Å²) < 4.78 is 39.7. The molecule has 114 valence electrons. The topological polar surface area (TPSA) is 88.2 Å². The first-order valence-corrected chi connectivity index (χ1v) is 7.99. The van der Waals surface area contributed by atoms with E-state index < -0.39 is 15.8 Å². The summed E-state index contributed by atoms with van der Waals surface area (Å²) >= 11 is 0. The zero-order valence-corrected chi connectivity index (χ0v) is 12.2. The molecule has 0 unspecified atom stereocenters. The molecule has 0 radical (unpaired) electrons. The maximum atomic E-state index is 12.8. The number of nitrogens with zero attached hydrogens (tertiary/aromatic N) is 1. The molecule has 8 heteroatoms. The highest BCUT2D eigenvalue weighted by Crippen LogP contribution is 2.26. The van der Waals surface area contributed by atoms with E-state index in [2.05, 4.69) is 15.0 Å². The maximum absolute atomic E-state index is 12.8. The van der Waals surface area contributed by atoms with Gasteiger partial charge in [0.05, 0.1) is 11.1 Å². The van der Waals surface area contributed by atoms with Gasteiger partial charge in [-0.3, -0.25) is 9.52 Å². The summed E-state index contributed by atoms with van der Waals surface area (Å²) in [7, 11) is -3.82. The molecule has 0 atom stereocenters. The number of hydrogen-bond donors (Lipinski definition) is 2. The number of amides is 1. The van der Waals surface area contributed by atoms with Gasteiger partial charge in [-0.25, -0.2) is 17.8 Å². The molecule has 0 spiro atoms. The van der Waals surface area contributed by atoms with Crippen LogP contribution in [0.5, 0.6) is 0 Å². The average Bonchev–Trinajstić information content (AvgIpc) is 2.49. The number of halogens is 1. The summed E-state index contributed by atoms with van der Waals surface area (Å²) in [5.41, 5.74) is 1.38. The van der Waals surface area contributed by atoms with Crippen molar-refractivity contribution in [3.05, 3.63) is 47.9 Å². The van der Waals surface area contributed by atoms with Crippen LogP contribution in [0.3, 0.4) is 0 Å². The minimum atomic E-state index is -3.82. The lowest BCUT2D eigenvalue weighted by Crippen LogP contribution is -2.20. The van der Waals surface area contributed by atoms with Crippen molar-refractivity contribution in [2.45, 2.75) is 17.7 Å². The van der Waals surface area contributed by atoms with E-state index in [9.17, 15) is 17.6 Å². The van der Waals surface area contributed by atoms with Gasteiger partial charge in [0.15, 0.2) is 0 Å². The minimum Gasteiger partial charge on any atom is -0.326 e. The van der Waals surface area contributed by atoms with Gasteiger partial charge in [0.25, 0.3) is 10.0 Å². The second kappa shape index (κ2) is 5.38. The summed E-state index contributed by atoms with van der Waals surface area (Å²) in [6.45, 7) is 0. The highest BCUT2D eigenvalue weighted by atomic mass is 32.2. The first-order valence-electron chi connectivity index (χ1n) is 6.51. The monoisotopic (exact) mass is 321 g/mol. The molecule has 22 heavy (non-hydrogen) atoms. The maximum Gasteiger partial charge on any atom is 0.263 e. The van der Waals surface area contributed by atoms with Crippen molar-refractivity contribution in [1.82, 2.24) is 4.98 Å². The molecular weight excluding hydrogens is 309 g/mol. The highest BCUT2D eigenvalue weighted by Gasteiger charge is 2.20. The van der Waals surface area contributed by atoms with Crippen molar-refractivity contribution >= 4 is 27.4 Å². The molecule has 0 bridgehead atoms.